The fraction of sp³-hybridized carbons (Fsp3) is 0.250. The van der Waals surface area contributed by atoms with Gasteiger partial charge >= 0.3 is 0 Å². The number of hydrogen-bond donors (Lipinski definition) is 1. The summed E-state index contributed by atoms with van der Waals surface area (Å²) in [6, 6.07) is 5.19. The monoisotopic (exact) mass is 166 g/mol. The molecule has 0 saturated heterocycles. The molecule has 0 bridgehead atoms. The fourth-order valence-corrected chi connectivity index (χ4v) is 1.10. The van der Waals surface area contributed by atoms with E-state index in [-0.39, 0.29) is 10.6 Å². The van der Waals surface area contributed by atoms with Crippen LogP contribution in [-0.2, 0) is 0 Å². The van der Waals surface area contributed by atoms with Crippen LogP contribution >= 0.6 is 0 Å². The van der Waals surface area contributed by atoms with E-state index in [1.54, 1.807) is 32.2 Å². The van der Waals surface area contributed by atoms with Crippen molar-refractivity contribution in [1.82, 2.24) is 0 Å². The van der Waals surface area contributed by atoms with Crippen molar-refractivity contribution in [1.29, 1.82) is 0 Å². The van der Waals surface area contributed by atoms with Gasteiger partial charge in [0, 0.05) is 12.6 Å². The van der Waals surface area contributed by atoms with Gasteiger partial charge in [-0.25, -0.2) is 0 Å². The Morgan fingerprint density at radius 2 is 2.17 bits per heavy atom. The summed E-state index contributed by atoms with van der Waals surface area (Å²) in [5.41, 5.74) is 1.38. The fourth-order valence-electron chi connectivity index (χ4n) is 1.10. The Hall–Kier alpha value is -1.58. The molecule has 4 nitrogen and oxygen atoms in total. The molecule has 4 heteroatoms. The van der Waals surface area contributed by atoms with E-state index in [9.17, 15) is 10.1 Å². The number of hydrogen-bond acceptors (Lipinski definition) is 3. The maximum absolute atomic E-state index is 10.6. The number of rotatable bonds is 2. The van der Waals surface area contributed by atoms with E-state index < -0.39 is 0 Å². The van der Waals surface area contributed by atoms with Gasteiger partial charge in [0.1, 0.15) is 5.69 Å². The zero-order chi connectivity index (χ0) is 9.14. The zero-order valence-electron chi connectivity index (χ0n) is 7.00. The second-order valence-electron chi connectivity index (χ2n) is 2.48. The number of aryl methyl sites for hydroxylation is 1. The highest BCUT2D eigenvalue weighted by atomic mass is 16.6. The maximum Gasteiger partial charge on any atom is 0.295 e. The quantitative estimate of drug-likeness (QED) is 0.539. The van der Waals surface area contributed by atoms with Crippen LogP contribution in [0.15, 0.2) is 18.2 Å². The topological polar surface area (TPSA) is 55.2 Å². The second-order valence-corrected chi connectivity index (χ2v) is 2.48. The highest BCUT2D eigenvalue weighted by molar-refractivity contribution is 5.64. The third-order valence-electron chi connectivity index (χ3n) is 1.69. The molecule has 1 aromatic rings. The molecule has 0 atom stereocenters. The summed E-state index contributed by atoms with van der Waals surface area (Å²) in [4.78, 5) is 10.2. The first kappa shape index (κ1) is 8.52. The molecule has 0 unspecified atom stereocenters. The lowest BCUT2D eigenvalue weighted by Gasteiger charge is -2.02. The first-order chi connectivity index (χ1) is 5.66. The average Bonchev–Trinajstić information content (AvgIpc) is 2.03. The molecule has 0 aliphatic rings. The van der Waals surface area contributed by atoms with Gasteiger partial charge in [-0.2, -0.15) is 0 Å². The molecule has 0 heterocycles. The largest absolute Gasteiger partial charge is 0.383 e. The molecule has 1 N–H and O–H groups in total. The van der Waals surface area contributed by atoms with E-state index in [1.165, 1.54) is 0 Å². The van der Waals surface area contributed by atoms with Gasteiger partial charge in [0.05, 0.1) is 4.92 Å². The molecule has 0 aliphatic heterocycles. The van der Waals surface area contributed by atoms with E-state index in [2.05, 4.69) is 5.32 Å². The Bertz CT molecular complexity index is 310. The van der Waals surface area contributed by atoms with Crippen LogP contribution in [0.4, 0.5) is 11.4 Å². The number of nitro benzene ring substituents is 1. The minimum atomic E-state index is -0.374. The normalized spacial score (nSPS) is 9.50. The molecule has 0 spiro atoms. The van der Waals surface area contributed by atoms with Crippen LogP contribution < -0.4 is 5.32 Å². The lowest BCUT2D eigenvalue weighted by Crippen LogP contribution is -1.98. The van der Waals surface area contributed by atoms with Crippen molar-refractivity contribution in [3.63, 3.8) is 0 Å². The summed E-state index contributed by atoms with van der Waals surface area (Å²) < 4.78 is 0. The van der Waals surface area contributed by atoms with Crippen LogP contribution in [0.3, 0.4) is 0 Å². The summed E-state index contributed by atoms with van der Waals surface area (Å²) >= 11 is 0. The van der Waals surface area contributed by atoms with E-state index in [1.807, 2.05) is 0 Å². The van der Waals surface area contributed by atoms with Gasteiger partial charge in [-0.05, 0) is 13.0 Å². The van der Waals surface area contributed by atoms with Crippen molar-refractivity contribution in [2.24, 2.45) is 0 Å². The minimum Gasteiger partial charge on any atom is -0.383 e. The van der Waals surface area contributed by atoms with Crippen LogP contribution in [0, 0.1) is 17.0 Å². The second kappa shape index (κ2) is 3.21. The summed E-state index contributed by atoms with van der Waals surface area (Å²) in [6.07, 6.45) is 0. The number of nitro groups is 1. The third kappa shape index (κ3) is 1.37. The Balaban J connectivity index is 3.29. The lowest BCUT2D eigenvalue weighted by molar-refractivity contribution is -0.384. The molecule has 0 saturated carbocycles. The molecule has 12 heavy (non-hydrogen) atoms. The summed E-state index contributed by atoms with van der Waals surface area (Å²) in [6.45, 7) is 1.72. The molecular weight excluding hydrogens is 156 g/mol. The van der Waals surface area contributed by atoms with Crippen molar-refractivity contribution < 1.29 is 4.92 Å². The molecular formula is C8H10N2O2. The zero-order valence-corrected chi connectivity index (χ0v) is 7.00. The number of nitrogens with zero attached hydrogens (tertiary/aromatic N) is 1. The van der Waals surface area contributed by atoms with Gasteiger partial charge in [-0.1, -0.05) is 12.1 Å². The SMILES string of the molecule is CNc1cccc(C)c1[N+](=O)[O-]. The number of anilines is 1. The first-order valence-corrected chi connectivity index (χ1v) is 3.58. The van der Waals surface area contributed by atoms with Gasteiger partial charge in [-0.3, -0.25) is 10.1 Å². The van der Waals surface area contributed by atoms with E-state index >= 15 is 0 Å². The summed E-state index contributed by atoms with van der Waals surface area (Å²) in [5.74, 6) is 0. The molecule has 1 rings (SSSR count). The highest BCUT2D eigenvalue weighted by Crippen LogP contribution is 2.26. The Kier molecular flexibility index (Phi) is 2.28. The third-order valence-corrected chi connectivity index (χ3v) is 1.69. The molecule has 0 aromatic heterocycles. The Morgan fingerprint density at radius 1 is 1.50 bits per heavy atom. The minimum absolute atomic E-state index is 0.153. The summed E-state index contributed by atoms with van der Waals surface area (Å²) in [5, 5.41) is 13.3. The average molecular weight is 166 g/mol. The lowest BCUT2D eigenvalue weighted by atomic mass is 10.2. The van der Waals surface area contributed by atoms with Crippen molar-refractivity contribution in [2.75, 3.05) is 12.4 Å². The van der Waals surface area contributed by atoms with Crippen LogP contribution in [0.25, 0.3) is 0 Å². The predicted octanol–water partition coefficient (Wildman–Crippen LogP) is 1.94. The Morgan fingerprint density at radius 3 is 2.58 bits per heavy atom. The molecule has 64 valence electrons. The molecule has 0 amide bonds. The Labute approximate surface area is 70.4 Å². The van der Waals surface area contributed by atoms with Crippen LogP contribution in [0.2, 0.25) is 0 Å². The van der Waals surface area contributed by atoms with E-state index in [0.717, 1.165) is 0 Å². The van der Waals surface area contributed by atoms with Gasteiger partial charge in [0.15, 0.2) is 0 Å². The van der Waals surface area contributed by atoms with Crippen molar-refractivity contribution >= 4 is 11.4 Å². The number of benzene rings is 1. The van der Waals surface area contributed by atoms with Gasteiger partial charge in [0.2, 0.25) is 0 Å². The van der Waals surface area contributed by atoms with Gasteiger partial charge in [0.25, 0.3) is 5.69 Å². The van der Waals surface area contributed by atoms with Crippen LogP contribution in [-0.4, -0.2) is 12.0 Å². The van der Waals surface area contributed by atoms with Crippen molar-refractivity contribution in [3.8, 4) is 0 Å². The standard InChI is InChI=1S/C8H10N2O2/c1-6-4-3-5-7(9-2)8(6)10(11)12/h3-5,9H,1-2H3. The van der Waals surface area contributed by atoms with Gasteiger partial charge in [-0.15, -0.1) is 0 Å². The molecule has 0 fully saturated rings. The van der Waals surface area contributed by atoms with Crippen molar-refractivity contribution in [3.05, 3.63) is 33.9 Å². The maximum atomic E-state index is 10.6. The first-order valence-electron chi connectivity index (χ1n) is 3.58. The van der Waals surface area contributed by atoms with E-state index in [4.69, 9.17) is 0 Å². The van der Waals surface area contributed by atoms with Crippen LogP contribution in [0.1, 0.15) is 5.56 Å². The molecule has 1 aromatic carbocycles. The predicted molar refractivity (Wildman–Crippen MR) is 47.4 cm³/mol. The smallest absolute Gasteiger partial charge is 0.295 e. The highest BCUT2D eigenvalue weighted by Gasteiger charge is 2.14. The van der Waals surface area contributed by atoms with Crippen molar-refractivity contribution in [2.45, 2.75) is 6.92 Å². The van der Waals surface area contributed by atoms with E-state index in [0.29, 0.717) is 11.3 Å². The van der Waals surface area contributed by atoms with Gasteiger partial charge < -0.3 is 5.32 Å². The van der Waals surface area contributed by atoms with Crippen LogP contribution in [0.5, 0.6) is 0 Å². The summed E-state index contributed by atoms with van der Waals surface area (Å²) in [7, 11) is 1.67. The number of para-hydroxylation sites is 1. The molecule has 0 aliphatic carbocycles. The molecule has 0 radical (unpaired) electrons. The number of nitrogens with one attached hydrogen (secondary N) is 1.